The Morgan fingerprint density at radius 2 is 1.79 bits per heavy atom. The molecule has 0 aliphatic rings. The molecule has 0 aliphatic carbocycles. The summed E-state index contributed by atoms with van der Waals surface area (Å²) in [5.74, 6) is -0.0825. The van der Waals surface area contributed by atoms with Crippen LogP contribution in [-0.4, -0.2) is 13.6 Å². The molecule has 2 aromatic carbocycles. The van der Waals surface area contributed by atoms with Crippen LogP contribution in [-0.2, 0) is 6.42 Å². The Bertz CT molecular complexity index is 542. The number of benzene rings is 2. The lowest BCUT2D eigenvalue weighted by Crippen LogP contribution is -2.20. The summed E-state index contributed by atoms with van der Waals surface area (Å²) in [6, 6.07) is 14.7. The first-order valence-corrected chi connectivity index (χ1v) is 6.72. The van der Waals surface area contributed by atoms with Crippen LogP contribution in [0.25, 0.3) is 0 Å². The third-order valence-corrected chi connectivity index (χ3v) is 3.59. The lowest BCUT2D eigenvalue weighted by atomic mass is 9.91. The number of hydrogen-bond donors (Lipinski definition) is 1. The summed E-state index contributed by atoms with van der Waals surface area (Å²) in [6.45, 7) is 0.714. The van der Waals surface area contributed by atoms with E-state index >= 15 is 0 Å². The highest BCUT2D eigenvalue weighted by Gasteiger charge is 2.16. The zero-order valence-electron chi connectivity index (χ0n) is 10.9. The van der Waals surface area contributed by atoms with Gasteiger partial charge in [0.25, 0.3) is 0 Å². The summed E-state index contributed by atoms with van der Waals surface area (Å²) >= 11 is 6.18. The summed E-state index contributed by atoms with van der Waals surface area (Å²) < 4.78 is 13.9. The maximum Gasteiger partial charge on any atom is 0.126 e. The Kier molecular flexibility index (Phi) is 4.94. The number of hydrogen-bond acceptors (Lipinski definition) is 1. The topological polar surface area (TPSA) is 12.0 Å². The number of likely N-dealkylation sites (N-methyl/N-ethyl adjacent to an activating group) is 1. The normalized spacial score (nSPS) is 12.4. The van der Waals surface area contributed by atoms with Gasteiger partial charge in [-0.15, -0.1) is 0 Å². The second kappa shape index (κ2) is 6.69. The zero-order chi connectivity index (χ0) is 13.7. The Labute approximate surface area is 118 Å². The molecule has 1 atom stereocenters. The van der Waals surface area contributed by atoms with Crippen molar-refractivity contribution in [3.05, 3.63) is 70.5 Å². The average molecular weight is 278 g/mol. The average Bonchev–Trinajstić information content (AvgIpc) is 2.41. The van der Waals surface area contributed by atoms with Crippen LogP contribution in [0.2, 0.25) is 5.02 Å². The molecule has 0 aliphatic heterocycles. The first kappa shape index (κ1) is 14.0. The van der Waals surface area contributed by atoms with Gasteiger partial charge in [0, 0.05) is 17.5 Å². The molecule has 0 spiro atoms. The third kappa shape index (κ3) is 3.55. The zero-order valence-corrected chi connectivity index (χ0v) is 11.6. The number of halogens is 2. The van der Waals surface area contributed by atoms with Crippen LogP contribution in [0.4, 0.5) is 4.39 Å². The summed E-state index contributed by atoms with van der Waals surface area (Å²) in [5.41, 5.74) is 1.78. The summed E-state index contributed by atoms with van der Waals surface area (Å²) in [4.78, 5) is 0. The van der Waals surface area contributed by atoms with Crippen LogP contribution >= 0.6 is 11.6 Å². The fourth-order valence-corrected chi connectivity index (χ4v) is 2.49. The molecule has 1 unspecified atom stereocenters. The van der Waals surface area contributed by atoms with Crippen molar-refractivity contribution >= 4 is 11.6 Å². The molecule has 0 radical (unpaired) electrons. The van der Waals surface area contributed by atoms with Crippen molar-refractivity contribution in [2.24, 2.45) is 0 Å². The molecule has 100 valence electrons. The molecule has 0 amide bonds. The van der Waals surface area contributed by atoms with Crippen molar-refractivity contribution in [3.63, 3.8) is 0 Å². The van der Waals surface area contributed by atoms with Crippen molar-refractivity contribution < 1.29 is 4.39 Å². The summed E-state index contributed by atoms with van der Waals surface area (Å²) in [5, 5.41) is 3.86. The molecule has 2 rings (SSSR count). The number of rotatable bonds is 5. The molecular formula is C16H17ClFN. The molecule has 0 bridgehead atoms. The molecule has 2 aromatic rings. The first-order chi connectivity index (χ1) is 9.22. The predicted molar refractivity (Wildman–Crippen MR) is 78.2 cm³/mol. The van der Waals surface area contributed by atoms with Crippen LogP contribution < -0.4 is 5.32 Å². The van der Waals surface area contributed by atoms with Gasteiger partial charge in [-0.2, -0.15) is 0 Å². The van der Waals surface area contributed by atoms with E-state index in [9.17, 15) is 4.39 Å². The Hall–Kier alpha value is -1.38. The van der Waals surface area contributed by atoms with E-state index in [1.54, 1.807) is 6.07 Å². The second-order valence-electron chi connectivity index (χ2n) is 4.57. The first-order valence-electron chi connectivity index (χ1n) is 6.34. The highest BCUT2D eigenvalue weighted by Crippen LogP contribution is 2.26. The maximum atomic E-state index is 13.9. The smallest absolute Gasteiger partial charge is 0.126 e. The van der Waals surface area contributed by atoms with Crippen LogP contribution in [0.5, 0.6) is 0 Å². The van der Waals surface area contributed by atoms with E-state index in [1.165, 1.54) is 6.07 Å². The van der Waals surface area contributed by atoms with Gasteiger partial charge in [-0.3, -0.25) is 0 Å². The van der Waals surface area contributed by atoms with Gasteiger partial charge in [-0.1, -0.05) is 48.0 Å². The van der Waals surface area contributed by atoms with Gasteiger partial charge in [0.1, 0.15) is 5.82 Å². The monoisotopic (exact) mass is 277 g/mol. The van der Waals surface area contributed by atoms with E-state index in [1.807, 2.05) is 43.4 Å². The Morgan fingerprint density at radius 3 is 2.47 bits per heavy atom. The van der Waals surface area contributed by atoms with Gasteiger partial charge in [0.05, 0.1) is 0 Å². The van der Waals surface area contributed by atoms with Crippen molar-refractivity contribution in [1.82, 2.24) is 5.32 Å². The van der Waals surface area contributed by atoms with E-state index in [-0.39, 0.29) is 11.7 Å². The fourth-order valence-electron chi connectivity index (χ4n) is 2.27. The lowest BCUT2D eigenvalue weighted by Gasteiger charge is -2.18. The van der Waals surface area contributed by atoms with E-state index in [0.717, 1.165) is 22.6 Å². The minimum Gasteiger partial charge on any atom is -0.319 e. The Balaban J connectivity index is 2.27. The molecule has 0 fully saturated rings. The van der Waals surface area contributed by atoms with E-state index in [0.29, 0.717) is 6.54 Å². The molecule has 3 heteroatoms. The molecule has 0 saturated carbocycles. The molecule has 1 nitrogen and oxygen atoms in total. The summed E-state index contributed by atoms with van der Waals surface area (Å²) in [7, 11) is 1.88. The van der Waals surface area contributed by atoms with Gasteiger partial charge < -0.3 is 5.32 Å². The van der Waals surface area contributed by atoms with E-state index in [2.05, 4.69) is 5.32 Å². The SMILES string of the molecule is CNCC(Cc1ccccc1Cl)c1ccccc1F. The predicted octanol–water partition coefficient (Wildman–Crippen LogP) is 4.02. The Morgan fingerprint density at radius 1 is 1.11 bits per heavy atom. The maximum absolute atomic E-state index is 13.9. The van der Waals surface area contributed by atoms with E-state index < -0.39 is 0 Å². The minimum absolute atomic E-state index is 0.0751. The third-order valence-electron chi connectivity index (χ3n) is 3.22. The van der Waals surface area contributed by atoms with Gasteiger partial charge in [0.15, 0.2) is 0 Å². The lowest BCUT2D eigenvalue weighted by molar-refractivity contribution is 0.556. The highest BCUT2D eigenvalue weighted by molar-refractivity contribution is 6.31. The van der Waals surface area contributed by atoms with Crippen molar-refractivity contribution in [2.75, 3.05) is 13.6 Å². The van der Waals surface area contributed by atoms with Crippen LogP contribution in [0.15, 0.2) is 48.5 Å². The second-order valence-corrected chi connectivity index (χ2v) is 4.98. The van der Waals surface area contributed by atoms with Crippen molar-refractivity contribution in [1.29, 1.82) is 0 Å². The fraction of sp³-hybridized carbons (Fsp3) is 0.250. The largest absolute Gasteiger partial charge is 0.319 e. The van der Waals surface area contributed by atoms with Gasteiger partial charge in [-0.05, 0) is 36.7 Å². The van der Waals surface area contributed by atoms with Gasteiger partial charge in [-0.25, -0.2) is 4.39 Å². The standard InChI is InChI=1S/C16H17ClFN/c1-19-11-13(14-7-3-5-9-16(14)18)10-12-6-2-4-8-15(12)17/h2-9,13,19H,10-11H2,1H3. The van der Waals surface area contributed by atoms with Crippen LogP contribution in [0, 0.1) is 5.82 Å². The van der Waals surface area contributed by atoms with Gasteiger partial charge >= 0.3 is 0 Å². The molecule has 0 heterocycles. The van der Waals surface area contributed by atoms with Crippen LogP contribution in [0.3, 0.4) is 0 Å². The van der Waals surface area contributed by atoms with Crippen molar-refractivity contribution in [2.45, 2.75) is 12.3 Å². The molecule has 1 N–H and O–H groups in total. The summed E-state index contributed by atoms with van der Waals surface area (Å²) in [6.07, 6.45) is 0.724. The van der Waals surface area contributed by atoms with Crippen LogP contribution in [0.1, 0.15) is 17.0 Å². The van der Waals surface area contributed by atoms with Gasteiger partial charge in [0.2, 0.25) is 0 Å². The van der Waals surface area contributed by atoms with Crippen molar-refractivity contribution in [3.8, 4) is 0 Å². The highest BCUT2D eigenvalue weighted by atomic mass is 35.5. The quantitative estimate of drug-likeness (QED) is 0.870. The molecular weight excluding hydrogens is 261 g/mol. The molecule has 0 aromatic heterocycles. The minimum atomic E-state index is -0.158. The van der Waals surface area contributed by atoms with E-state index in [4.69, 9.17) is 11.6 Å². The molecule has 19 heavy (non-hydrogen) atoms. The molecule has 0 saturated heterocycles. The number of nitrogens with one attached hydrogen (secondary N) is 1.